The van der Waals surface area contributed by atoms with Gasteiger partial charge in [-0.25, -0.2) is 0 Å². The molecule has 0 spiro atoms. The number of pyridine rings is 1. The second-order valence-electron chi connectivity index (χ2n) is 5.28. The molecule has 0 bridgehead atoms. The van der Waals surface area contributed by atoms with Gasteiger partial charge in [-0.15, -0.1) is 0 Å². The Kier molecular flexibility index (Phi) is 4.68. The minimum atomic E-state index is -4.41. The summed E-state index contributed by atoms with van der Waals surface area (Å²) in [5.74, 6) is 1.05. The van der Waals surface area contributed by atoms with Gasteiger partial charge < -0.3 is 14.4 Å². The lowest BCUT2D eigenvalue weighted by Crippen LogP contribution is -2.25. The summed E-state index contributed by atoms with van der Waals surface area (Å²) in [6, 6.07) is 3.54. The summed E-state index contributed by atoms with van der Waals surface area (Å²) in [5.41, 5.74) is 0. The van der Waals surface area contributed by atoms with Crippen molar-refractivity contribution >= 4 is 5.82 Å². The van der Waals surface area contributed by atoms with E-state index < -0.39 is 12.8 Å². The van der Waals surface area contributed by atoms with Crippen molar-refractivity contribution in [2.45, 2.75) is 18.7 Å². The van der Waals surface area contributed by atoms with E-state index in [9.17, 15) is 13.2 Å². The van der Waals surface area contributed by atoms with Gasteiger partial charge in [0.25, 0.3) is 0 Å². The van der Waals surface area contributed by atoms with Gasteiger partial charge >= 0.3 is 6.18 Å². The summed E-state index contributed by atoms with van der Waals surface area (Å²) in [5, 5.41) is 0. The van der Waals surface area contributed by atoms with Crippen LogP contribution in [0, 0.1) is 0 Å². The molecule has 3 heterocycles. The highest BCUT2D eigenvalue weighted by Crippen LogP contribution is 2.23. The molecule has 1 unspecified atom stereocenters. The maximum Gasteiger partial charge on any atom is 0.422 e. The minimum Gasteiger partial charge on any atom is -0.488 e. The Bertz CT molecular complexity index is 669. The highest BCUT2D eigenvalue weighted by molar-refractivity contribution is 5.39. The molecular weight excluding hydrogens is 325 g/mol. The van der Waals surface area contributed by atoms with Gasteiger partial charge in [0, 0.05) is 25.4 Å². The lowest BCUT2D eigenvalue weighted by atomic mass is 10.3. The Balaban J connectivity index is 1.59. The SMILES string of the molecule is FC(F)(F)COc1cncc(N2CCC(Oc3ccncc3)C2)n1. The predicted octanol–water partition coefficient (Wildman–Crippen LogP) is 2.47. The summed E-state index contributed by atoms with van der Waals surface area (Å²) < 4.78 is 47.1. The van der Waals surface area contributed by atoms with E-state index in [2.05, 4.69) is 19.7 Å². The van der Waals surface area contributed by atoms with Crippen molar-refractivity contribution in [3.8, 4) is 11.6 Å². The van der Waals surface area contributed by atoms with Crippen LogP contribution in [0.2, 0.25) is 0 Å². The van der Waals surface area contributed by atoms with Crippen molar-refractivity contribution in [2.24, 2.45) is 0 Å². The van der Waals surface area contributed by atoms with Crippen LogP contribution in [0.15, 0.2) is 36.9 Å². The van der Waals surface area contributed by atoms with Crippen molar-refractivity contribution < 1.29 is 22.6 Å². The van der Waals surface area contributed by atoms with Gasteiger partial charge in [-0.05, 0) is 12.1 Å². The Labute approximate surface area is 136 Å². The van der Waals surface area contributed by atoms with E-state index in [4.69, 9.17) is 4.74 Å². The molecule has 0 amide bonds. The van der Waals surface area contributed by atoms with E-state index in [1.165, 1.54) is 6.20 Å². The number of alkyl halides is 3. The van der Waals surface area contributed by atoms with E-state index in [0.29, 0.717) is 18.9 Å². The molecule has 2 aromatic rings. The maximum absolute atomic E-state index is 12.2. The average Bonchev–Trinajstić information content (AvgIpc) is 3.02. The fourth-order valence-electron chi connectivity index (χ4n) is 2.36. The zero-order chi connectivity index (χ0) is 17.0. The molecule has 0 aromatic carbocycles. The van der Waals surface area contributed by atoms with E-state index in [0.717, 1.165) is 18.4 Å². The van der Waals surface area contributed by atoms with Gasteiger partial charge in [0.15, 0.2) is 12.4 Å². The molecule has 9 heteroatoms. The smallest absolute Gasteiger partial charge is 0.422 e. The Morgan fingerprint density at radius 2 is 1.96 bits per heavy atom. The fourth-order valence-corrected chi connectivity index (χ4v) is 2.36. The second-order valence-corrected chi connectivity index (χ2v) is 5.28. The molecule has 0 radical (unpaired) electrons. The zero-order valence-corrected chi connectivity index (χ0v) is 12.6. The Hall–Kier alpha value is -2.58. The highest BCUT2D eigenvalue weighted by Gasteiger charge is 2.29. The van der Waals surface area contributed by atoms with Crippen LogP contribution in [0.3, 0.4) is 0 Å². The van der Waals surface area contributed by atoms with E-state index in [1.54, 1.807) is 24.5 Å². The largest absolute Gasteiger partial charge is 0.488 e. The summed E-state index contributed by atoms with van der Waals surface area (Å²) in [6.45, 7) is -0.147. The summed E-state index contributed by atoms with van der Waals surface area (Å²) >= 11 is 0. The molecule has 3 rings (SSSR count). The molecule has 1 aliphatic heterocycles. The number of hydrogen-bond acceptors (Lipinski definition) is 6. The molecule has 1 atom stereocenters. The van der Waals surface area contributed by atoms with E-state index in [1.807, 2.05) is 4.90 Å². The van der Waals surface area contributed by atoms with Crippen molar-refractivity contribution in [2.75, 3.05) is 24.6 Å². The van der Waals surface area contributed by atoms with Crippen molar-refractivity contribution in [1.29, 1.82) is 0 Å². The van der Waals surface area contributed by atoms with E-state index in [-0.39, 0.29) is 12.0 Å². The lowest BCUT2D eigenvalue weighted by molar-refractivity contribution is -0.154. The molecule has 0 N–H and O–H groups in total. The molecule has 1 saturated heterocycles. The maximum atomic E-state index is 12.2. The Morgan fingerprint density at radius 3 is 2.71 bits per heavy atom. The molecule has 0 aliphatic carbocycles. The topological polar surface area (TPSA) is 60.4 Å². The summed E-state index contributed by atoms with van der Waals surface area (Å²) in [6.07, 6.45) is 2.29. The predicted molar refractivity (Wildman–Crippen MR) is 79.1 cm³/mol. The number of aromatic nitrogens is 3. The van der Waals surface area contributed by atoms with Gasteiger partial charge in [0.05, 0.1) is 18.9 Å². The van der Waals surface area contributed by atoms with Crippen LogP contribution in [-0.4, -0.2) is 46.9 Å². The van der Waals surface area contributed by atoms with Crippen LogP contribution in [0.4, 0.5) is 19.0 Å². The molecule has 128 valence electrons. The molecule has 0 saturated carbocycles. The quantitative estimate of drug-likeness (QED) is 0.833. The van der Waals surface area contributed by atoms with Crippen molar-refractivity contribution in [3.63, 3.8) is 0 Å². The number of anilines is 1. The third-order valence-electron chi connectivity index (χ3n) is 3.40. The van der Waals surface area contributed by atoms with Crippen molar-refractivity contribution in [1.82, 2.24) is 15.0 Å². The van der Waals surface area contributed by atoms with Gasteiger partial charge in [0.2, 0.25) is 5.88 Å². The molecule has 1 aliphatic rings. The number of halogens is 3. The van der Waals surface area contributed by atoms with Crippen LogP contribution in [-0.2, 0) is 0 Å². The Morgan fingerprint density at radius 1 is 1.17 bits per heavy atom. The molecular formula is C15H15F3N4O2. The monoisotopic (exact) mass is 340 g/mol. The first-order chi connectivity index (χ1) is 11.5. The molecule has 2 aromatic heterocycles. The zero-order valence-electron chi connectivity index (χ0n) is 12.6. The molecule has 24 heavy (non-hydrogen) atoms. The van der Waals surface area contributed by atoms with Gasteiger partial charge in [-0.2, -0.15) is 18.2 Å². The minimum absolute atomic E-state index is 0.0334. The number of nitrogens with zero attached hydrogens (tertiary/aromatic N) is 4. The van der Waals surface area contributed by atoms with Gasteiger partial charge in [-0.3, -0.25) is 9.97 Å². The van der Waals surface area contributed by atoms with Gasteiger partial charge in [-0.1, -0.05) is 0 Å². The van der Waals surface area contributed by atoms with Crippen LogP contribution in [0.1, 0.15) is 6.42 Å². The van der Waals surface area contributed by atoms with Crippen LogP contribution in [0.25, 0.3) is 0 Å². The number of hydrogen-bond donors (Lipinski definition) is 0. The molecule has 6 nitrogen and oxygen atoms in total. The number of rotatable bonds is 5. The van der Waals surface area contributed by atoms with Crippen LogP contribution < -0.4 is 14.4 Å². The molecule has 1 fully saturated rings. The van der Waals surface area contributed by atoms with Gasteiger partial charge in [0.1, 0.15) is 11.9 Å². The standard InChI is InChI=1S/C15H15F3N4O2/c16-15(17,18)10-23-14-8-20-7-13(21-14)22-6-3-12(9-22)24-11-1-4-19-5-2-11/h1-2,4-5,7-8,12H,3,6,9-10H2. The third-order valence-corrected chi connectivity index (χ3v) is 3.40. The normalized spacial score (nSPS) is 17.8. The summed E-state index contributed by atoms with van der Waals surface area (Å²) in [7, 11) is 0. The lowest BCUT2D eigenvalue weighted by Gasteiger charge is -2.18. The second kappa shape index (κ2) is 6.90. The fraction of sp³-hybridized carbons (Fsp3) is 0.400. The van der Waals surface area contributed by atoms with Crippen molar-refractivity contribution in [3.05, 3.63) is 36.9 Å². The highest BCUT2D eigenvalue weighted by atomic mass is 19.4. The van der Waals surface area contributed by atoms with Crippen LogP contribution in [0.5, 0.6) is 11.6 Å². The van der Waals surface area contributed by atoms with E-state index >= 15 is 0 Å². The third kappa shape index (κ3) is 4.46. The van der Waals surface area contributed by atoms with Crippen LogP contribution >= 0.6 is 0 Å². The first-order valence-corrected chi connectivity index (χ1v) is 7.33. The average molecular weight is 340 g/mol. The first kappa shape index (κ1) is 16.3. The number of ether oxygens (including phenoxy) is 2. The summed E-state index contributed by atoms with van der Waals surface area (Å²) in [4.78, 5) is 13.8. The first-order valence-electron chi connectivity index (χ1n) is 7.33.